The highest BCUT2D eigenvalue weighted by molar-refractivity contribution is 14.1. The van der Waals surface area contributed by atoms with Crippen LogP contribution in [0, 0.1) is 25.3 Å². The fraction of sp³-hybridized carbons (Fsp3) is 0.143. The van der Waals surface area contributed by atoms with Crippen molar-refractivity contribution < 1.29 is 13.7 Å². The topological polar surface area (TPSA) is 55.2 Å². The fourth-order valence-corrected chi connectivity index (χ4v) is 2.58. The Morgan fingerprint density at radius 2 is 1.81 bits per heavy atom. The van der Waals surface area contributed by atoms with Gasteiger partial charge >= 0.3 is 0 Å². The van der Waals surface area contributed by atoms with Crippen LogP contribution in [0.4, 0.5) is 20.2 Å². The van der Waals surface area contributed by atoms with E-state index in [9.17, 15) is 18.9 Å². The molecule has 0 aliphatic carbocycles. The fourth-order valence-electron chi connectivity index (χ4n) is 1.87. The van der Waals surface area contributed by atoms with E-state index in [2.05, 4.69) is 5.32 Å². The number of nitro benzene ring substituents is 1. The molecule has 0 saturated heterocycles. The standard InChI is InChI=1S/C14H11F2IN2O2/c15-10-5-9(6-11(16)7-10)3-4-18-12-1-2-14(19(20)21)13(17)8-12/h1-2,5-8,18H,3-4H2. The second kappa shape index (κ2) is 6.79. The second-order valence-corrected chi connectivity index (χ2v) is 5.54. The van der Waals surface area contributed by atoms with Crippen molar-refractivity contribution in [1.82, 2.24) is 0 Å². The van der Waals surface area contributed by atoms with Crippen LogP contribution in [0.3, 0.4) is 0 Å². The van der Waals surface area contributed by atoms with E-state index < -0.39 is 16.6 Å². The lowest BCUT2D eigenvalue weighted by Gasteiger charge is -2.07. The largest absolute Gasteiger partial charge is 0.385 e. The molecular formula is C14H11F2IN2O2. The van der Waals surface area contributed by atoms with Gasteiger partial charge in [0.1, 0.15) is 11.6 Å². The second-order valence-electron chi connectivity index (χ2n) is 4.38. The van der Waals surface area contributed by atoms with Crippen LogP contribution < -0.4 is 5.32 Å². The molecule has 7 heteroatoms. The van der Waals surface area contributed by atoms with E-state index in [-0.39, 0.29) is 5.69 Å². The quantitative estimate of drug-likeness (QED) is 0.463. The molecule has 4 nitrogen and oxygen atoms in total. The molecule has 0 radical (unpaired) electrons. The van der Waals surface area contributed by atoms with Gasteiger partial charge in [-0.15, -0.1) is 0 Å². The number of benzene rings is 2. The number of hydrogen-bond acceptors (Lipinski definition) is 3. The first-order chi connectivity index (χ1) is 9.95. The van der Waals surface area contributed by atoms with Crippen LogP contribution in [0.15, 0.2) is 36.4 Å². The van der Waals surface area contributed by atoms with Crippen molar-refractivity contribution >= 4 is 34.0 Å². The van der Waals surface area contributed by atoms with E-state index in [1.165, 1.54) is 18.2 Å². The molecule has 0 atom stereocenters. The van der Waals surface area contributed by atoms with Crippen molar-refractivity contribution in [3.63, 3.8) is 0 Å². The summed E-state index contributed by atoms with van der Waals surface area (Å²) in [5.74, 6) is -1.20. The summed E-state index contributed by atoms with van der Waals surface area (Å²) in [6.45, 7) is 0.469. The number of nitrogens with one attached hydrogen (secondary N) is 1. The van der Waals surface area contributed by atoms with Gasteiger partial charge < -0.3 is 5.32 Å². The lowest BCUT2D eigenvalue weighted by Crippen LogP contribution is -2.06. The third-order valence-corrected chi connectivity index (χ3v) is 3.67. The van der Waals surface area contributed by atoms with Crippen molar-refractivity contribution in [1.29, 1.82) is 0 Å². The maximum atomic E-state index is 13.0. The highest BCUT2D eigenvalue weighted by Crippen LogP contribution is 2.24. The molecule has 1 N–H and O–H groups in total. The zero-order chi connectivity index (χ0) is 15.4. The molecule has 0 fully saturated rings. The van der Waals surface area contributed by atoms with Crippen molar-refractivity contribution in [2.75, 3.05) is 11.9 Å². The summed E-state index contributed by atoms with van der Waals surface area (Å²) in [5.41, 5.74) is 1.33. The Morgan fingerprint density at radius 3 is 2.38 bits per heavy atom. The first-order valence-corrected chi connectivity index (χ1v) is 7.16. The van der Waals surface area contributed by atoms with E-state index in [0.717, 1.165) is 11.8 Å². The maximum absolute atomic E-state index is 13.0. The molecule has 2 aromatic rings. The van der Waals surface area contributed by atoms with Gasteiger partial charge in [-0.25, -0.2) is 8.78 Å². The van der Waals surface area contributed by atoms with E-state index in [1.807, 2.05) is 22.6 Å². The Kier molecular flexibility index (Phi) is 5.05. The zero-order valence-corrected chi connectivity index (χ0v) is 12.9. The predicted octanol–water partition coefficient (Wildman–Crippen LogP) is 4.13. The van der Waals surface area contributed by atoms with Crippen LogP contribution in [0.2, 0.25) is 0 Å². The lowest BCUT2D eigenvalue weighted by atomic mass is 10.1. The van der Waals surface area contributed by atoms with Gasteiger partial charge in [0.15, 0.2) is 0 Å². The van der Waals surface area contributed by atoms with Crippen LogP contribution in [0.5, 0.6) is 0 Å². The summed E-state index contributed by atoms with van der Waals surface area (Å²) in [4.78, 5) is 10.3. The highest BCUT2D eigenvalue weighted by Gasteiger charge is 2.11. The molecule has 0 unspecified atom stereocenters. The summed E-state index contributed by atoms with van der Waals surface area (Å²) >= 11 is 1.89. The van der Waals surface area contributed by atoms with Crippen molar-refractivity contribution in [2.45, 2.75) is 6.42 Å². The van der Waals surface area contributed by atoms with Crippen LogP contribution in [0.25, 0.3) is 0 Å². The Bertz CT molecular complexity index is 660. The number of nitro groups is 1. The van der Waals surface area contributed by atoms with Crippen LogP contribution >= 0.6 is 22.6 Å². The van der Waals surface area contributed by atoms with E-state index in [1.54, 1.807) is 12.1 Å². The highest BCUT2D eigenvalue weighted by atomic mass is 127. The SMILES string of the molecule is O=[N+]([O-])c1ccc(NCCc2cc(F)cc(F)c2)cc1I. The lowest BCUT2D eigenvalue weighted by molar-refractivity contribution is -0.385. The van der Waals surface area contributed by atoms with Crippen molar-refractivity contribution in [3.05, 3.63) is 67.3 Å². The van der Waals surface area contributed by atoms with E-state index >= 15 is 0 Å². The minimum atomic E-state index is -0.602. The van der Waals surface area contributed by atoms with Gasteiger partial charge in [0.2, 0.25) is 0 Å². The third-order valence-electron chi connectivity index (χ3n) is 2.81. The van der Waals surface area contributed by atoms with Gasteiger partial charge in [-0.1, -0.05) is 0 Å². The first-order valence-electron chi connectivity index (χ1n) is 6.08. The molecule has 0 aromatic heterocycles. The summed E-state index contributed by atoms with van der Waals surface area (Å²) in [5, 5.41) is 13.8. The van der Waals surface area contributed by atoms with Crippen LogP contribution in [-0.2, 0) is 6.42 Å². The molecular weight excluding hydrogens is 393 g/mol. The monoisotopic (exact) mass is 404 g/mol. The van der Waals surface area contributed by atoms with Crippen molar-refractivity contribution in [3.8, 4) is 0 Å². The van der Waals surface area contributed by atoms with Gasteiger partial charge in [0, 0.05) is 24.4 Å². The van der Waals surface area contributed by atoms with Gasteiger partial charge in [0.25, 0.3) is 5.69 Å². The Labute approximate surface area is 133 Å². The number of hydrogen-bond donors (Lipinski definition) is 1. The first kappa shape index (κ1) is 15.6. The smallest absolute Gasteiger partial charge is 0.282 e. The minimum absolute atomic E-state index is 0.0494. The molecule has 0 heterocycles. The molecule has 2 rings (SSSR count). The summed E-state index contributed by atoms with van der Waals surface area (Å²) in [6, 6.07) is 8.08. The van der Waals surface area contributed by atoms with Crippen molar-refractivity contribution in [2.24, 2.45) is 0 Å². The summed E-state index contributed by atoms with van der Waals surface area (Å²) in [7, 11) is 0. The number of halogens is 3. The molecule has 0 aliphatic heterocycles. The molecule has 2 aromatic carbocycles. The maximum Gasteiger partial charge on any atom is 0.282 e. The Hall–Kier alpha value is -1.77. The van der Waals surface area contributed by atoms with Gasteiger partial charge in [-0.3, -0.25) is 10.1 Å². The normalized spacial score (nSPS) is 10.4. The number of rotatable bonds is 5. The van der Waals surface area contributed by atoms with Crippen LogP contribution in [0.1, 0.15) is 5.56 Å². The molecule has 21 heavy (non-hydrogen) atoms. The van der Waals surface area contributed by atoms with Crippen LogP contribution in [-0.4, -0.2) is 11.5 Å². The van der Waals surface area contributed by atoms with Gasteiger partial charge in [-0.2, -0.15) is 0 Å². The average molecular weight is 404 g/mol. The Morgan fingerprint density at radius 1 is 1.14 bits per heavy atom. The Balaban J connectivity index is 1.97. The summed E-state index contributed by atoms with van der Waals surface area (Å²) < 4.78 is 26.6. The zero-order valence-electron chi connectivity index (χ0n) is 10.8. The molecule has 110 valence electrons. The molecule has 0 aliphatic rings. The van der Waals surface area contributed by atoms with E-state index in [0.29, 0.717) is 22.1 Å². The van der Waals surface area contributed by atoms with Gasteiger partial charge in [-0.05, 0) is 58.8 Å². The summed E-state index contributed by atoms with van der Waals surface area (Å²) in [6.07, 6.45) is 0.447. The van der Waals surface area contributed by atoms with Gasteiger partial charge in [0.05, 0.1) is 8.49 Å². The third kappa shape index (κ3) is 4.35. The minimum Gasteiger partial charge on any atom is -0.385 e. The molecule has 0 bridgehead atoms. The number of anilines is 1. The molecule has 0 spiro atoms. The molecule has 0 amide bonds. The molecule has 0 saturated carbocycles. The predicted molar refractivity (Wildman–Crippen MR) is 84.4 cm³/mol. The average Bonchev–Trinajstić information content (AvgIpc) is 2.37. The number of nitrogens with zero attached hydrogens (tertiary/aromatic N) is 1. The van der Waals surface area contributed by atoms with E-state index in [4.69, 9.17) is 0 Å².